The number of carbonyl (C=O) groups is 1. The summed E-state index contributed by atoms with van der Waals surface area (Å²) in [6.07, 6.45) is 0. The van der Waals surface area contributed by atoms with Crippen molar-refractivity contribution in [2.45, 2.75) is 5.37 Å². The molecule has 0 unspecified atom stereocenters. The number of methoxy groups -OCH3 is 1. The highest BCUT2D eigenvalue weighted by molar-refractivity contribution is 9.10. The third-order valence-corrected chi connectivity index (χ3v) is 6.76. The summed E-state index contributed by atoms with van der Waals surface area (Å²) in [5, 5.41) is 0.457. The summed E-state index contributed by atoms with van der Waals surface area (Å²) in [7, 11) is 1.61. The van der Waals surface area contributed by atoms with Crippen molar-refractivity contribution >= 4 is 60.5 Å². The normalized spacial score (nSPS) is 16.5. The predicted molar refractivity (Wildman–Crippen MR) is 117 cm³/mol. The van der Waals surface area contributed by atoms with E-state index < -0.39 is 5.63 Å². The summed E-state index contributed by atoms with van der Waals surface area (Å²) in [5.74, 6) is 1.14. The first-order valence-electron chi connectivity index (χ1n) is 8.47. The van der Waals surface area contributed by atoms with Gasteiger partial charge in [-0.15, -0.1) is 11.8 Å². The van der Waals surface area contributed by atoms with Crippen LogP contribution in [0.3, 0.4) is 0 Å². The fourth-order valence-electron chi connectivity index (χ4n) is 3.23. The zero-order chi connectivity index (χ0) is 19.8. The molecule has 1 fully saturated rings. The SMILES string of the molecule is COc1ccc(Br)cc1[C@H]1SCCN1C(=O)c1cc2cc(Br)ccc2oc1=O. The Kier molecular flexibility index (Phi) is 5.53. The number of ether oxygens (including phenoxy) is 1. The van der Waals surface area contributed by atoms with Gasteiger partial charge >= 0.3 is 5.63 Å². The number of hydrogen-bond donors (Lipinski definition) is 0. The van der Waals surface area contributed by atoms with Crippen LogP contribution >= 0.6 is 43.6 Å². The molecule has 1 aromatic heterocycles. The van der Waals surface area contributed by atoms with Gasteiger partial charge in [0.15, 0.2) is 0 Å². The van der Waals surface area contributed by atoms with Crippen LogP contribution in [-0.4, -0.2) is 30.2 Å². The van der Waals surface area contributed by atoms with Crippen LogP contribution in [0.1, 0.15) is 21.3 Å². The van der Waals surface area contributed by atoms with Gasteiger partial charge in [-0.1, -0.05) is 31.9 Å². The molecule has 3 aromatic rings. The second-order valence-corrected chi connectivity index (χ2v) is 9.26. The average Bonchev–Trinajstić information content (AvgIpc) is 3.17. The molecule has 2 aromatic carbocycles. The molecule has 0 spiro atoms. The minimum Gasteiger partial charge on any atom is -0.496 e. The molecule has 1 atom stereocenters. The van der Waals surface area contributed by atoms with Crippen LogP contribution < -0.4 is 10.4 Å². The van der Waals surface area contributed by atoms with Gasteiger partial charge in [-0.2, -0.15) is 0 Å². The van der Waals surface area contributed by atoms with Gasteiger partial charge in [0, 0.05) is 32.2 Å². The number of fused-ring (bicyclic) bond motifs is 1. The van der Waals surface area contributed by atoms with Crippen molar-refractivity contribution in [2.24, 2.45) is 0 Å². The molecule has 0 bridgehead atoms. The van der Waals surface area contributed by atoms with Gasteiger partial charge in [0.1, 0.15) is 22.3 Å². The second-order valence-electron chi connectivity index (χ2n) is 6.24. The highest BCUT2D eigenvalue weighted by Gasteiger charge is 2.34. The van der Waals surface area contributed by atoms with Crippen LogP contribution in [0.2, 0.25) is 0 Å². The van der Waals surface area contributed by atoms with E-state index in [0.29, 0.717) is 23.3 Å². The topological polar surface area (TPSA) is 59.8 Å². The van der Waals surface area contributed by atoms with Crippen molar-refractivity contribution in [1.29, 1.82) is 0 Å². The van der Waals surface area contributed by atoms with Crippen LogP contribution in [-0.2, 0) is 0 Å². The van der Waals surface area contributed by atoms with E-state index in [0.717, 1.165) is 20.3 Å². The summed E-state index contributed by atoms with van der Waals surface area (Å²) >= 11 is 8.53. The van der Waals surface area contributed by atoms with E-state index in [2.05, 4.69) is 31.9 Å². The molecule has 0 N–H and O–H groups in total. The summed E-state index contributed by atoms with van der Waals surface area (Å²) in [5.41, 5.74) is 0.746. The van der Waals surface area contributed by atoms with Crippen LogP contribution in [0, 0.1) is 0 Å². The Morgan fingerprint density at radius 2 is 1.93 bits per heavy atom. The number of halogens is 2. The highest BCUT2D eigenvalue weighted by Crippen LogP contribution is 2.43. The number of hydrogen-bond acceptors (Lipinski definition) is 5. The quantitative estimate of drug-likeness (QED) is 0.440. The maximum Gasteiger partial charge on any atom is 0.349 e. The molecule has 1 aliphatic heterocycles. The van der Waals surface area contributed by atoms with Crippen LogP contribution in [0.5, 0.6) is 5.75 Å². The largest absolute Gasteiger partial charge is 0.496 e. The summed E-state index contributed by atoms with van der Waals surface area (Å²) < 4.78 is 12.6. The monoisotopic (exact) mass is 523 g/mol. The van der Waals surface area contributed by atoms with Crippen molar-refractivity contribution in [3.8, 4) is 5.75 Å². The molecule has 0 aliphatic carbocycles. The molecule has 144 valence electrons. The standard InChI is InChI=1S/C20H15Br2NO4S/c1-26-17-5-3-13(22)10-14(17)19-23(6-7-28-19)18(24)15-9-11-8-12(21)2-4-16(11)27-20(15)25/h2-5,8-10,19H,6-7H2,1H3/t19-/m1/s1. The van der Waals surface area contributed by atoms with Gasteiger partial charge in [-0.25, -0.2) is 4.79 Å². The van der Waals surface area contributed by atoms with Gasteiger partial charge < -0.3 is 14.1 Å². The Labute approximate surface area is 182 Å². The van der Waals surface area contributed by atoms with Crippen molar-refractivity contribution in [3.05, 3.63) is 73.0 Å². The maximum absolute atomic E-state index is 13.3. The van der Waals surface area contributed by atoms with Gasteiger partial charge in [0.25, 0.3) is 5.91 Å². The molecule has 5 nitrogen and oxygen atoms in total. The van der Waals surface area contributed by atoms with Crippen LogP contribution in [0.15, 0.2) is 60.6 Å². The van der Waals surface area contributed by atoms with E-state index in [1.54, 1.807) is 42.0 Å². The van der Waals surface area contributed by atoms with Crippen molar-refractivity contribution in [3.63, 3.8) is 0 Å². The van der Waals surface area contributed by atoms with Gasteiger partial charge in [-0.3, -0.25) is 4.79 Å². The number of benzene rings is 2. The van der Waals surface area contributed by atoms with Crippen molar-refractivity contribution in [1.82, 2.24) is 4.90 Å². The van der Waals surface area contributed by atoms with E-state index in [1.165, 1.54) is 0 Å². The third-order valence-electron chi connectivity index (χ3n) is 4.53. The smallest absolute Gasteiger partial charge is 0.349 e. The second kappa shape index (κ2) is 7.93. The number of carbonyl (C=O) groups excluding carboxylic acids is 1. The average molecular weight is 525 g/mol. The minimum absolute atomic E-state index is 0.0343. The van der Waals surface area contributed by atoms with Crippen molar-refractivity contribution < 1.29 is 13.9 Å². The van der Waals surface area contributed by atoms with E-state index >= 15 is 0 Å². The number of nitrogens with zero attached hydrogens (tertiary/aromatic N) is 1. The molecule has 2 heterocycles. The van der Waals surface area contributed by atoms with Gasteiger partial charge in [-0.05, 0) is 42.5 Å². The first-order chi connectivity index (χ1) is 13.5. The Morgan fingerprint density at radius 3 is 2.71 bits per heavy atom. The lowest BCUT2D eigenvalue weighted by molar-refractivity contribution is 0.0755. The molecule has 8 heteroatoms. The molecule has 1 saturated heterocycles. The molecule has 1 aliphatic rings. The van der Waals surface area contributed by atoms with Crippen LogP contribution in [0.25, 0.3) is 11.0 Å². The minimum atomic E-state index is -0.628. The summed E-state index contributed by atoms with van der Waals surface area (Å²) in [4.78, 5) is 27.4. The first kappa shape index (κ1) is 19.5. The lowest BCUT2D eigenvalue weighted by Crippen LogP contribution is -2.33. The van der Waals surface area contributed by atoms with E-state index in [4.69, 9.17) is 9.15 Å². The van der Waals surface area contributed by atoms with Gasteiger partial charge in [0.2, 0.25) is 0 Å². The highest BCUT2D eigenvalue weighted by atomic mass is 79.9. The number of amides is 1. The maximum atomic E-state index is 13.3. The molecule has 28 heavy (non-hydrogen) atoms. The van der Waals surface area contributed by atoms with E-state index in [9.17, 15) is 9.59 Å². The Morgan fingerprint density at radius 1 is 1.18 bits per heavy atom. The molecule has 0 saturated carbocycles. The Balaban J connectivity index is 1.75. The fourth-order valence-corrected chi connectivity index (χ4v) is 5.26. The predicted octanol–water partition coefficient (Wildman–Crippen LogP) is 5.21. The molecular formula is C20H15Br2NO4S. The first-order valence-corrected chi connectivity index (χ1v) is 11.1. The number of thioether (sulfide) groups is 1. The lowest BCUT2D eigenvalue weighted by Gasteiger charge is -2.25. The van der Waals surface area contributed by atoms with E-state index in [1.807, 2.05) is 24.3 Å². The summed E-state index contributed by atoms with van der Waals surface area (Å²) in [6.45, 7) is 0.541. The van der Waals surface area contributed by atoms with Crippen LogP contribution in [0.4, 0.5) is 0 Å². The number of rotatable bonds is 3. The molecule has 1 amide bonds. The third kappa shape index (κ3) is 3.60. The summed E-state index contributed by atoms with van der Waals surface area (Å²) in [6, 6.07) is 12.6. The zero-order valence-electron chi connectivity index (χ0n) is 14.8. The molecular weight excluding hydrogens is 510 g/mol. The molecule has 4 rings (SSSR count). The van der Waals surface area contributed by atoms with E-state index in [-0.39, 0.29) is 16.8 Å². The molecule has 0 radical (unpaired) electrons. The van der Waals surface area contributed by atoms with Gasteiger partial charge in [0.05, 0.1) is 7.11 Å². The van der Waals surface area contributed by atoms with Crippen molar-refractivity contribution in [2.75, 3.05) is 19.4 Å². The zero-order valence-corrected chi connectivity index (χ0v) is 18.8. The fraction of sp³-hybridized carbons (Fsp3) is 0.200. The Hall–Kier alpha value is -1.77. The lowest BCUT2D eigenvalue weighted by atomic mass is 10.1. The Bertz CT molecular complexity index is 1130.